The SMILES string of the molecule is CCN1CCCC1CN(C)c1ccc(CBr)cc1C#N. The molecule has 1 aliphatic rings. The van der Waals surface area contributed by atoms with Crippen molar-refractivity contribution >= 4 is 21.6 Å². The molecule has 1 unspecified atom stereocenters. The van der Waals surface area contributed by atoms with E-state index in [0.717, 1.165) is 35.2 Å². The highest BCUT2D eigenvalue weighted by atomic mass is 79.9. The topological polar surface area (TPSA) is 30.3 Å². The molecule has 0 N–H and O–H groups in total. The standard InChI is InChI=1S/C16H22BrN3/c1-3-20-8-4-5-15(20)12-19(2)16-7-6-13(10-17)9-14(16)11-18/h6-7,9,15H,3-5,8,10,12H2,1-2H3. The van der Waals surface area contributed by atoms with E-state index in [1.54, 1.807) is 0 Å². The molecule has 1 heterocycles. The lowest BCUT2D eigenvalue weighted by Crippen LogP contribution is -2.39. The molecule has 1 atom stereocenters. The third kappa shape index (κ3) is 3.34. The fourth-order valence-corrected chi connectivity index (χ4v) is 3.37. The van der Waals surface area contributed by atoms with Crippen molar-refractivity contribution in [2.45, 2.75) is 31.1 Å². The maximum Gasteiger partial charge on any atom is 0.101 e. The van der Waals surface area contributed by atoms with Gasteiger partial charge in [0.25, 0.3) is 0 Å². The first kappa shape index (κ1) is 15.3. The van der Waals surface area contributed by atoms with Gasteiger partial charge in [-0.15, -0.1) is 0 Å². The number of rotatable bonds is 5. The lowest BCUT2D eigenvalue weighted by molar-refractivity contribution is 0.270. The van der Waals surface area contributed by atoms with Crippen molar-refractivity contribution in [1.29, 1.82) is 5.26 Å². The summed E-state index contributed by atoms with van der Waals surface area (Å²) in [7, 11) is 2.09. The number of nitriles is 1. The van der Waals surface area contributed by atoms with Gasteiger partial charge in [0.1, 0.15) is 6.07 Å². The van der Waals surface area contributed by atoms with Crippen molar-refractivity contribution in [3.8, 4) is 6.07 Å². The van der Waals surface area contributed by atoms with E-state index in [1.165, 1.54) is 19.4 Å². The van der Waals surface area contributed by atoms with E-state index in [-0.39, 0.29) is 0 Å². The van der Waals surface area contributed by atoms with Crippen molar-refractivity contribution in [3.05, 3.63) is 29.3 Å². The monoisotopic (exact) mass is 335 g/mol. The van der Waals surface area contributed by atoms with Crippen LogP contribution in [-0.2, 0) is 5.33 Å². The first-order valence-electron chi connectivity index (χ1n) is 7.23. The number of halogens is 1. The molecule has 20 heavy (non-hydrogen) atoms. The van der Waals surface area contributed by atoms with Gasteiger partial charge in [-0.05, 0) is 43.6 Å². The van der Waals surface area contributed by atoms with E-state index in [0.29, 0.717) is 6.04 Å². The molecule has 1 aromatic rings. The molecule has 0 aliphatic carbocycles. The summed E-state index contributed by atoms with van der Waals surface area (Å²) in [5.41, 5.74) is 2.96. The molecule has 1 aliphatic heterocycles. The number of likely N-dealkylation sites (N-methyl/N-ethyl adjacent to an activating group) is 2. The highest BCUT2D eigenvalue weighted by Gasteiger charge is 2.24. The Bertz CT molecular complexity index is 495. The summed E-state index contributed by atoms with van der Waals surface area (Å²) in [6.45, 7) is 5.55. The second-order valence-electron chi connectivity index (χ2n) is 5.40. The Labute approximate surface area is 130 Å². The van der Waals surface area contributed by atoms with Crippen molar-refractivity contribution in [1.82, 2.24) is 4.90 Å². The van der Waals surface area contributed by atoms with E-state index in [2.05, 4.69) is 57.9 Å². The van der Waals surface area contributed by atoms with Crippen LogP contribution in [0.3, 0.4) is 0 Å². The molecule has 0 bridgehead atoms. The number of nitrogens with zero attached hydrogens (tertiary/aromatic N) is 3. The average Bonchev–Trinajstić information content (AvgIpc) is 2.93. The van der Waals surface area contributed by atoms with E-state index in [4.69, 9.17) is 0 Å². The van der Waals surface area contributed by atoms with Crippen molar-refractivity contribution < 1.29 is 0 Å². The van der Waals surface area contributed by atoms with Gasteiger partial charge >= 0.3 is 0 Å². The minimum absolute atomic E-state index is 0.618. The van der Waals surface area contributed by atoms with Crippen LogP contribution in [0.25, 0.3) is 0 Å². The van der Waals surface area contributed by atoms with Gasteiger partial charge in [-0.25, -0.2) is 0 Å². The van der Waals surface area contributed by atoms with Gasteiger partial charge in [-0.1, -0.05) is 28.9 Å². The van der Waals surface area contributed by atoms with Crippen LogP contribution < -0.4 is 4.90 Å². The normalized spacial score (nSPS) is 19.0. The van der Waals surface area contributed by atoms with Crippen LogP contribution in [0.5, 0.6) is 0 Å². The predicted octanol–water partition coefficient (Wildman–Crippen LogP) is 3.37. The third-order valence-electron chi connectivity index (χ3n) is 4.14. The van der Waals surface area contributed by atoms with Gasteiger partial charge in [-0.3, -0.25) is 4.90 Å². The maximum absolute atomic E-state index is 9.34. The van der Waals surface area contributed by atoms with Crippen LogP contribution in [0.1, 0.15) is 30.9 Å². The molecular formula is C16H22BrN3. The zero-order valence-electron chi connectivity index (χ0n) is 12.3. The lowest BCUT2D eigenvalue weighted by atomic mass is 10.1. The molecule has 1 saturated heterocycles. The molecule has 2 rings (SSSR count). The molecule has 0 saturated carbocycles. The predicted molar refractivity (Wildman–Crippen MR) is 87.3 cm³/mol. The average molecular weight is 336 g/mol. The molecule has 0 amide bonds. The van der Waals surface area contributed by atoms with Gasteiger partial charge in [0.2, 0.25) is 0 Å². The van der Waals surface area contributed by atoms with Crippen LogP contribution >= 0.6 is 15.9 Å². The van der Waals surface area contributed by atoms with Crippen LogP contribution in [0, 0.1) is 11.3 Å². The summed E-state index contributed by atoms with van der Waals surface area (Å²) >= 11 is 3.44. The van der Waals surface area contributed by atoms with E-state index >= 15 is 0 Å². The number of hydrogen-bond acceptors (Lipinski definition) is 3. The van der Waals surface area contributed by atoms with Crippen LogP contribution in [0.15, 0.2) is 18.2 Å². The van der Waals surface area contributed by atoms with Crippen LogP contribution in [0.4, 0.5) is 5.69 Å². The second kappa shape index (κ2) is 7.10. The van der Waals surface area contributed by atoms with Gasteiger partial charge in [0.15, 0.2) is 0 Å². The molecule has 0 spiro atoms. The highest BCUT2D eigenvalue weighted by molar-refractivity contribution is 9.08. The van der Waals surface area contributed by atoms with Gasteiger partial charge in [0.05, 0.1) is 11.3 Å². The van der Waals surface area contributed by atoms with Gasteiger partial charge < -0.3 is 4.90 Å². The van der Waals surface area contributed by atoms with Crippen LogP contribution in [0.2, 0.25) is 0 Å². The molecule has 1 fully saturated rings. The molecular weight excluding hydrogens is 314 g/mol. The zero-order valence-corrected chi connectivity index (χ0v) is 13.9. The van der Waals surface area contributed by atoms with Crippen molar-refractivity contribution in [2.75, 3.05) is 31.6 Å². The first-order valence-corrected chi connectivity index (χ1v) is 8.36. The smallest absolute Gasteiger partial charge is 0.101 e. The third-order valence-corrected chi connectivity index (χ3v) is 4.78. The number of likely N-dealkylation sites (tertiary alicyclic amines) is 1. The number of alkyl halides is 1. The quantitative estimate of drug-likeness (QED) is 0.773. The summed E-state index contributed by atoms with van der Waals surface area (Å²) in [6.07, 6.45) is 2.56. The first-order chi connectivity index (χ1) is 9.69. The molecule has 1 aromatic carbocycles. The Morgan fingerprint density at radius 2 is 2.30 bits per heavy atom. The second-order valence-corrected chi connectivity index (χ2v) is 5.96. The van der Waals surface area contributed by atoms with Gasteiger partial charge in [0, 0.05) is 25.0 Å². The highest BCUT2D eigenvalue weighted by Crippen LogP contribution is 2.24. The summed E-state index contributed by atoms with van der Waals surface area (Å²) < 4.78 is 0. The Morgan fingerprint density at radius 1 is 1.50 bits per heavy atom. The fourth-order valence-electron chi connectivity index (χ4n) is 3.02. The van der Waals surface area contributed by atoms with Crippen molar-refractivity contribution in [3.63, 3.8) is 0 Å². The number of benzene rings is 1. The fraction of sp³-hybridized carbons (Fsp3) is 0.562. The Hall–Kier alpha value is -1.05. The molecule has 0 aromatic heterocycles. The van der Waals surface area contributed by atoms with E-state index in [1.807, 2.05) is 6.07 Å². The summed E-state index contributed by atoms with van der Waals surface area (Å²) in [6, 6.07) is 9.08. The zero-order chi connectivity index (χ0) is 14.5. The lowest BCUT2D eigenvalue weighted by Gasteiger charge is -2.29. The summed E-state index contributed by atoms with van der Waals surface area (Å²) in [5.74, 6) is 0. The Balaban J connectivity index is 2.13. The van der Waals surface area contributed by atoms with E-state index in [9.17, 15) is 5.26 Å². The molecule has 3 nitrogen and oxygen atoms in total. The minimum atomic E-state index is 0.618. The largest absolute Gasteiger partial charge is 0.372 e. The Morgan fingerprint density at radius 3 is 2.95 bits per heavy atom. The summed E-state index contributed by atoms with van der Waals surface area (Å²) in [4.78, 5) is 4.77. The molecule has 108 valence electrons. The number of hydrogen-bond donors (Lipinski definition) is 0. The summed E-state index contributed by atoms with van der Waals surface area (Å²) in [5, 5.41) is 10.1. The van der Waals surface area contributed by atoms with Crippen LogP contribution in [-0.4, -0.2) is 37.6 Å². The molecule has 0 radical (unpaired) electrons. The Kier molecular flexibility index (Phi) is 5.45. The van der Waals surface area contributed by atoms with Gasteiger partial charge in [-0.2, -0.15) is 5.26 Å². The number of anilines is 1. The minimum Gasteiger partial charge on any atom is -0.372 e. The maximum atomic E-state index is 9.34. The molecule has 4 heteroatoms. The van der Waals surface area contributed by atoms with Crippen molar-refractivity contribution in [2.24, 2.45) is 0 Å². The van der Waals surface area contributed by atoms with E-state index < -0.39 is 0 Å².